The van der Waals surface area contributed by atoms with E-state index in [2.05, 4.69) is 18.7 Å². The summed E-state index contributed by atoms with van der Waals surface area (Å²) in [4.78, 5) is 14.3. The summed E-state index contributed by atoms with van der Waals surface area (Å²) in [5.41, 5.74) is 0. The molecule has 100 valence electrons. The zero-order valence-corrected chi connectivity index (χ0v) is 11.6. The summed E-state index contributed by atoms with van der Waals surface area (Å²) in [6.45, 7) is 8.77. The molecular formula is C14H27NO2. The highest BCUT2D eigenvalue weighted by Crippen LogP contribution is 2.31. The van der Waals surface area contributed by atoms with Gasteiger partial charge in [0.25, 0.3) is 0 Å². The van der Waals surface area contributed by atoms with Crippen molar-refractivity contribution in [2.75, 3.05) is 19.7 Å². The predicted octanol–water partition coefficient (Wildman–Crippen LogP) is 2.84. The largest absolute Gasteiger partial charge is 0.465 e. The smallest absolute Gasteiger partial charge is 0.323 e. The van der Waals surface area contributed by atoms with Crippen LogP contribution in [-0.2, 0) is 9.53 Å². The molecule has 0 aliphatic heterocycles. The fourth-order valence-electron chi connectivity index (χ4n) is 2.26. The van der Waals surface area contributed by atoms with Crippen LogP contribution < -0.4 is 0 Å². The van der Waals surface area contributed by atoms with Gasteiger partial charge in [-0.3, -0.25) is 9.69 Å². The maximum absolute atomic E-state index is 12.0. The van der Waals surface area contributed by atoms with Gasteiger partial charge in [0.15, 0.2) is 0 Å². The Morgan fingerprint density at radius 1 is 1.29 bits per heavy atom. The molecule has 0 N–H and O–H groups in total. The molecule has 0 aromatic heterocycles. The molecule has 0 radical (unpaired) electrons. The molecule has 3 nitrogen and oxygen atoms in total. The molecule has 0 saturated heterocycles. The lowest BCUT2D eigenvalue weighted by Crippen LogP contribution is -2.43. The summed E-state index contributed by atoms with van der Waals surface area (Å²) in [6, 6.07) is -0.0134. The SMILES string of the molecule is CCCC(C(=O)OCC)N(CCC)CC1CC1. The second-order valence-electron chi connectivity index (χ2n) is 4.99. The Kier molecular flexibility index (Phi) is 6.56. The average Bonchev–Trinajstić information content (AvgIpc) is 3.09. The van der Waals surface area contributed by atoms with Gasteiger partial charge >= 0.3 is 5.97 Å². The van der Waals surface area contributed by atoms with Crippen molar-refractivity contribution in [3.8, 4) is 0 Å². The van der Waals surface area contributed by atoms with E-state index in [1.807, 2.05) is 6.92 Å². The first-order chi connectivity index (χ1) is 8.22. The highest BCUT2D eigenvalue weighted by Gasteiger charge is 2.31. The van der Waals surface area contributed by atoms with Crippen molar-refractivity contribution in [1.29, 1.82) is 0 Å². The Morgan fingerprint density at radius 3 is 2.47 bits per heavy atom. The quantitative estimate of drug-likeness (QED) is 0.581. The van der Waals surface area contributed by atoms with Gasteiger partial charge in [-0.25, -0.2) is 0 Å². The van der Waals surface area contributed by atoms with Gasteiger partial charge in [-0.05, 0) is 45.1 Å². The zero-order chi connectivity index (χ0) is 12.7. The molecule has 0 amide bonds. The maximum Gasteiger partial charge on any atom is 0.323 e. The van der Waals surface area contributed by atoms with Crippen molar-refractivity contribution in [3.05, 3.63) is 0 Å². The Bertz CT molecular complexity index is 226. The number of rotatable bonds is 9. The van der Waals surface area contributed by atoms with Crippen molar-refractivity contribution in [2.45, 2.75) is 58.9 Å². The molecule has 0 spiro atoms. The highest BCUT2D eigenvalue weighted by atomic mass is 16.5. The van der Waals surface area contributed by atoms with Gasteiger partial charge in [-0.15, -0.1) is 0 Å². The van der Waals surface area contributed by atoms with Crippen LogP contribution in [0.4, 0.5) is 0 Å². The topological polar surface area (TPSA) is 29.5 Å². The molecule has 1 rings (SSSR count). The van der Waals surface area contributed by atoms with Crippen LogP contribution in [0.15, 0.2) is 0 Å². The van der Waals surface area contributed by atoms with Crippen molar-refractivity contribution in [1.82, 2.24) is 4.90 Å². The number of esters is 1. The highest BCUT2D eigenvalue weighted by molar-refractivity contribution is 5.75. The van der Waals surface area contributed by atoms with Crippen LogP contribution in [0, 0.1) is 5.92 Å². The number of hydrogen-bond donors (Lipinski definition) is 0. The van der Waals surface area contributed by atoms with Crippen LogP contribution in [-0.4, -0.2) is 36.6 Å². The first-order valence-electron chi connectivity index (χ1n) is 7.13. The third-order valence-electron chi connectivity index (χ3n) is 3.26. The fourth-order valence-corrected chi connectivity index (χ4v) is 2.26. The zero-order valence-electron chi connectivity index (χ0n) is 11.6. The van der Waals surface area contributed by atoms with E-state index < -0.39 is 0 Å². The Labute approximate surface area is 106 Å². The van der Waals surface area contributed by atoms with E-state index in [0.29, 0.717) is 6.61 Å². The van der Waals surface area contributed by atoms with E-state index >= 15 is 0 Å². The Balaban J connectivity index is 2.56. The second kappa shape index (κ2) is 7.70. The number of ether oxygens (including phenoxy) is 1. The summed E-state index contributed by atoms with van der Waals surface area (Å²) in [5.74, 6) is 0.804. The molecular weight excluding hydrogens is 214 g/mol. The molecule has 0 aromatic rings. The third-order valence-corrected chi connectivity index (χ3v) is 3.26. The summed E-state index contributed by atoms with van der Waals surface area (Å²) in [5, 5.41) is 0. The second-order valence-corrected chi connectivity index (χ2v) is 4.99. The predicted molar refractivity (Wildman–Crippen MR) is 69.9 cm³/mol. The van der Waals surface area contributed by atoms with E-state index in [4.69, 9.17) is 4.74 Å². The summed E-state index contributed by atoms with van der Waals surface area (Å²) in [7, 11) is 0. The molecule has 1 unspecified atom stereocenters. The molecule has 1 atom stereocenters. The number of carbonyl (C=O) groups is 1. The first-order valence-corrected chi connectivity index (χ1v) is 7.13. The van der Waals surface area contributed by atoms with Crippen molar-refractivity contribution in [3.63, 3.8) is 0 Å². The maximum atomic E-state index is 12.0. The molecule has 1 aliphatic rings. The van der Waals surface area contributed by atoms with E-state index in [1.165, 1.54) is 12.8 Å². The normalized spacial score (nSPS) is 17.2. The van der Waals surface area contributed by atoms with Crippen LogP contribution in [0.2, 0.25) is 0 Å². The lowest BCUT2D eigenvalue weighted by Gasteiger charge is -2.29. The molecule has 1 aliphatic carbocycles. The van der Waals surface area contributed by atoms with Gasteiger partial charge in [0.05, 0.1) is 6.61 Å². The van der Waals surface area contributed by atoms with Crippen LogP contribution in [0.3, 0.4) is 0 Å². The molecule has 3 heteroatoms. The number of carbonyl (C=O) groups excluding carboxylic acids is 1. The number of nitrogens with zero attached hydrogens (tertiary/aromatic N) is 1. The standard InChI is InChI=1S/C14H27NO2/c1-4-7-13(14(16)17-6-3)15(10-5-2)11-12-8-9-12/h12-13H,4-11H2,1-3H3. The van der Waals surface area contributed by atoms with E-state index in [-0.39, 0.29) is 12.0 Å². The van der Waals surface area contributed by atoms with Crippen LogP contribution in [0.1, 0.15) is 52.9 Å². The monoisotopic (exact) mass is 241 g/mol. The minimum Gasteiger partial charge on any atom is -0.465 e. The van der Waals surface area contributed by atoms with E-state index in [0.717, 1.165) is 38.3 Å². The van der Waals surface area contributed by atoms with Gasteiger partial charge in [-0.2, -0.15) is 0 Å². The minimum absolute atomic E-state index is 0.0134. The molecule has 1 saturated carbocycles. The molecule has 17 heavy (non-hydrogen) atoms. The summed E-state index contributed by atoms with van der Waals surface area (Å²) in [6.07, 6.45) is 5.73. The van der Waals surface area contributed by atoms with Crippen molar-refractivity contribution >= 4 is 5.97 Å². The van der Waals surface area contributed by atoms with Gasteiger partial charge in [0, 0.05) is 6.54 Å². The molecule has 1 fully saturated rings. The number of hydrogen-bond acceptors (Lipinski definition) is 3. The lowest BCUT2D eigenvalue weighted by atomic mass is 10.1. The third kappa shape index (κ3) is 5.07. The van der Waals surface area contributed by atoms with Gasteiger partial charge in [0.2, 0.25) is 0 Å². The average molecular weight is 241 g/mol. The van der Waals surface area contributed by atoms with Gasteiger partial charge < -0.3 is 4.74 Å². The fraction of sp³-hybridized carbons (Fsp3) is 0.929. The first kappa shape index (κ1) is 14.5. The summed E-state index contributed by atoms with van der Waals surface area (Å²) >= 11 is 0. The Hall–Kier alpha value is -0.570. The van der Waals surface area contributed by atoms with Crippen LogP contribution in [0.25, 0.3) is 0 Å². The van der Waals surface area contributed by atoms with E-state index in [9.17, 15) is 4.79 Å². The van der Waals surface area contributed by atoms with Crippen LogP contribution >= 0.6 is 0 Å². The molecule has 0 aromatic carbocycles. The lowest BCUT2D eigenvalue weighted by molar-refractivity contribution is -0.150. The molecule has 0 bridgehead atoms. The van der Waals surface area contributed by atoms with Crippen molar-refractivity contribution < 1.29 is 9.53 Å². The Morgan fingerprint density at radius 2 is 2.00 bits per heavy atom. The molecule has 0 heterocycles. The summed E-state index contributed by atoms with van der Waals surface area (Å²) < 4.78 is 5.21. The van der Waals surface area contributed by atoms with Crippen molar-refractivity contribution in [2.24, 2.45) is 5.92 Å². The van der Waals surface area contributed by atoms with Gasteiger partial charge in [-0.1, -0.05) is 20.3 Å². The van der Waals surface area contributed by atoms with Gasteiger partial charge in [0.1, 0.15) is 6.04 Å². The minimum atomic E-state index is -0.0246. The van der Waals surface area contributed by atoms with E-state index in [1.54, 1.807) is 0 Å². The van der Waals surface area contributed by atoms with Crippen LogP contribution in [0.5, 0.6) is 0 Å².